The maximum Gasteiger partial charge on any atom is 0.185 e. The fourth-order valence-corrected chi connectivity index (χ4v) is 3.22. The van der Waals surface area contributed by atoms with Gasteiger partial charge in [-0.1, -0.05) is 0 Å². The first-order chi connectivity index (χ1) is 9.34. The second-order valence-electron chi connectivity index (χ2n) is 4.79. The van der Waals surface area contributed by atoms with Crippen LogP contribution in [0.2, 0.25) is 0 Å². The molecule has 0 amide bonds. The molecule has 1 saturated heterocycles. The average Bonchev–Trinajstić information content (AvgIpc) is 3.02. The third-order valence-corrected chi connectivity index (χ3v) is 4.57. The van der Waals surface area contributed by atoms with Crippen molar-refractivity contribution >= 4 is 16.5 Å². The Morgan fingerprint density at radius 1 is 1.11 bits per heavy atom. The minimum atomic E-state index is 0.460. The summed E-state index contributed by atoms with van der Waals surface area (Å²) in [4.78, 5) is 13.4. The number of hydrogen-bond donors (Lipinski definition) is 0. The van der Waals surface area contributed by atoms with Crippen LogP contribution in [0.25, 0.3) is 0 Å². The van der Waals surface area contributed by atoms with Crippen molar-refractivity contribution in [3.8, 4) is 0 Å². The number of pyridine rings is 1. The van der Waals surface area contributed by atoms with E-state index in [4.69, 9.17) is 0 Å². The fraction of sp³-hybridized carbons (Fsp3) is 0.429. The normalized spacial score (nSPS) is 18.5. The van der Waals surface area contributed by atoms with Crippen molar-refractivity contribution in [3.05, 3.63) is 41.7 Å². The highest BCUT2D eigenvalue weighted by Gasteiger charge is 2.22. The van der Waals surface area contributed by atoms with Gasteiger partial charge in [0.05, 0.1) is 0 Å². The Morgan fingerprint density at radius 2 is 1.84 bits per heavy atom. The summed E-state index contributed by atoms with van der Waals surface area (Å²) in [6, 6.07) is 4.68. The highest BCUT2D eigenvalue weighted by molar-refractivity contribution is 7.13. The first-order valence-corrected chi connectivity index (χ1v) is 7.51. The number of anilines is 1. The fourth-order valence-electron chi connectivity index (χ4n) is 2.53. The van der Waals surface area contributed by atoms with Crippen molar-refractivity contribution in [2.75, 3.05) is 31.1 Å². The number of nitrogens with zero attached hydrogens (tertiary/aromatic N) is 4. The molecular weight excluding hydrogens is 256 g/mol. The van der Waals surface area contributed by atoms with E-state index in [0.717, 1.165) is 31.3 Å². The summed E-state index contributed by atoms with van der Waals surface area (Å²) in [7, 11) is 0. The SMILES string of the molecule is CC(c1ccncc1)N1CCN(c2nccs2)CC1. The second-order valence-corrected chi connectivity index (χ2v) is 5.67. The molecule has 1 fully saturated rings. The zero-order chi connectivity index (χ0) is 13.1. The van der Waals surface area contributed by atoms with Crippen LogP contribution in [-0.2, 0) is 0 Å². The van der Waals surface area contributed by atoms with E-state index in [1.807, 2.05) is 24.0 Å². The van der Waals surface area contributed by atoms with Gasteiger partial charge in [0.1, 0.15) is 0 Å². The predicted molar refractivity (Wildman–Crippen MR) is 78.6 cm³/mol. The lowest BCUT2D eigenvalue weighted by Crippen LogP contribution is -2.47. The smallest absolute Gasteiger partial charge is 0.185 e. The van der Waals surface area contributed by atoms with Crippen molar-refractivity contribution in [1.82, 2.24) is 14.9 Å². The molecule has 100 valence electrons. The van der Waals surface area contributed by atoms with Gasteiger partial charge >= 0.3 is 0 Å². The molecule has 0 radical (unpaired) electrons. The summed E-state index contributed by atoms with van der Waals surface area (Å²) in [5, 5.41) is 3.19. The lowest BCUT2D eigenvalue weighted by atomic mass is 10.1. The van der Waals surface area contributed by atoms with Gasteiger partial charge in [0.15, 0.2) is 5.13 Å². The highest BCUT2D eigenvalue weighted by atomic mass is 32.1. The molecule has 2 aromatic heterocycles. The van der Waals surface area contributed by atoms with Crippen molar-refractivity contribution in [2.45, 2.75) is 13.0 Å². The quantitative estimate of drug-likeness (QED) is 0.860. The summed E-state index contributed by atoms with van der Waals surface area (Å²) < 4.78 is 0. The van der Waals surface area contributed by atoms with Gasteiger partial charge in [0.25, 0.3) is 0 Å². The van der Waals surface area contributed by atoms with Crippen molar-refractivity contribution < 1.29 is 0 Å². The Bertz CT molecular complexity index is 491. The largest absolute Gasteiger partial charge is 0.346 e. The summed E-state index contributed by atoms with van der Waals surface area (Å²) in [5.41, 5.74) is 1.35. The first-order valence-electron chi connectivity index (χ1n) is 6.63. The monoisotopic (exact) mass is 274 g/mol. The molecule has 4 nitrogen and oxygen atoms in total. The molecule has 1 atom stereocenters. The van der Waals surface area contributed by atoms with Crippen LogP contribution in [0.15, 0.2) is 36.1 Å². The van der Waals surface area contributed by atoms with Gasteiger partial charge in [-0.2, -0.15) is 0 Å². The molecule has 0 spiro atoms. The van der Waals surface area contributed by atoms with Gasteiger partial charge in [-0.15, -0.1) is 11.3 Å². The van der Waals surface area contributed by atoms with Crippen LogP contribution >= 0.6 is 11.3 Å². The molecule has 5 heteroatoms. The number of rotatable bonds is 3. The molecule has 0 aliphatic carbocycles. The molecule has 19 heavy (non-hydrogen) atoms. The van der Waals surface area contributed by atoms with E-state index in [0.29, 0.717) is 6.04 Å². The average molecular weight is 274 g/mol. The Labute approximate surface area is 117 Å². The van der Waals surface area contributed by atoms with Gasteiger partial charge in [0, 0.05) is 56.2 Å². The molecule has 1 aliphatic rings. The molecular formula is C14H18N4S. The van der Waals surface area contributed by atoms with Crippen LogP contribution in [0.4, 0.5) is 5.13 Å². The molecule has 0 saturated carbocycles. The van der Waals surface area contributed by atoms with Gasteiger partial charge in [-0.25, -0.2) is 4.98 Å². The standard InChI is InChI=1S/C14H18N4S/c1-12(13-2-4-15-5-3-13)17-7-9-18(10-8-17)14-16-6-11-19-14/h2-6,11-12H,7-10H2,1H3. The van der Waals surface area contributed by atoms with Crippen LogP contribution in [0.5, 0.6) is 0 Å². The molecule has 1 aliphatic heterocycles. The van der Waals surface area contributed by atoms with E-state index in [9.17, 15) is 0 Å². The maximum absolute atomic E-state index is 4.39. The molecule has 3 heterocycles. The van der Waals surface area contributed by atoms with Crippen molar-refractivity contribution in [2.24, 2.45) is 0 Å². The molecule has 0 N–H and O–H groups in total. The number of piperazine rings is 1. The predicted octanol–water partition coefficient (Wildman–Crippen LogP) is 2.42. The molecule has 2 aromatic rings. The van der Waals surface area contributed by atoms with Crippen LogP contribution in [0, 0.1) is 0 Å². The van der Waals surface area contributed by atoms with Crippen LogP contribution in [0.3, 0.4) is 0 Å². The minimum absolute atomic E-state index is 0.460. The lowest BCUT2D eigenvalue weighted by Gasteiger charge is -2.38. The van der Waals surface area contributed by atoms with E-state index in [-0.39, 0.29) is 0 Å². The Hall–Kier alpha value is -1.46. The van der Waals surface area contributed by atoms with Crippen molar-refractivity contribution in [1.29, 1.82) is 0 Å². The molecule has 3 rings (SSSR count). The molecule has 1 unspecified atom stereocenters. The van der Waals surface area contributed by atoms with E-state index in [1.54, 1.807) is 11.3 Å². The van der Waals surface area contributed by atoms with E-state index >= 15 is 0 Å². The maximum atomic E-state index is 4.39. The summed E-state index contributed by atoms with van der Waals surface area (Å²) in [5.74, 6) is 0. The van der Waals surface area contributed by atoms with Gasteiger partial charge in [0.2, 0.25) is 0 Å². The summed E-state index contributed by atoms with van der Waals surface area (Å²) in [6.07, 6.45) is 5.63. The Kier molecular flexibility index (Phi) is 3.75. The zero-order valence-electron chi connectivity index (χ0n) is 11.1. The molecule has 0 bridgehead atoms. The van der Waals surface area contributed by atoms with Crippen molar-refractivity contribution in [3.63, 3.8) is 0 Å². The van der Waals surface area contributed by atoms with Gasteiger partial charge in [-0.3, -0.25) is 9.88 Å². The second kappa shape index (κ2) is 5.67. The lowest BCUT2D eigenvalue weighted by molar-refractivity contribution is 0.198. The van der Waals surface area contributed by atoms with E-state index < -0.39 is 0 Å². The number of thiazole rings is 1. The molecule has 0 aromatic carbocycles. The highest BCUT2D eigenvalue weighted by Crippen LogP contribution is 2.24. The van der Waals surface area contributed by atoms with E-state index in [2.05, 4.69) is 38.8 Å². The third kappa shape index (κ3) is 2.77. The number of aromatic nitrogens is 2. The van der Waals surface area contributed by atoms with Crippen LogP contribution in [-0.4, -0.2) is 41.0 Å². The topological polar surface area (TPSA) is 32.3 Å². The Balaban J connectivity index is 1.61. The van der Waals surface area contributed by atoms with E-state index in [1.165, 1.54) is 5.56 Å². The summed E-state index contributed by atoms with van der Waals surface area (Å²) in [6.45, 7) is 6.56. The van der Waals surface area contributed by atoms with Crippen LogP contribution in [0.1, 0.15) is 18.5 Å². The Morgan fingerprint density at radius 3 is 2.47 bits per heavy atom. The van der Waals surface area contributed by atoms with Crippen LogP contribution < -0.4 is 4.90 Å². The van der Waals surface area contributed by atoms with Gasteiger partial charge in [-0.05, 0) is 24.6 Å². The number of hydrogen-bond acceptors (Lipinski definition) is 5. The zero-order valence-corrected chi connectivity index (χ0v) is 11.9. The first kappa shape index (κ1) is 12.6. The summed E-state index contributed by atoms with van der Waals surface area (Å²) >= 11 is 1.72. The third-order valence-electron chi connectivity index (χ3n) is 3.74. The minimum Gasteiger partial charge on any atom is -0.346 e. The van der Waals surface area contributed by atoms with Gasteiger partial charge < -0.3 is 4.90 Å².